The number of aromatic nitrogens is 4. The van der Waals surface area contributed by atoms with Crippen LogP contribution in [0.25, 0.3) is 16.9 Å². The SMILES string of the molecule is Nc1nn2cc(-c3ccccn3)cnc2c1C(=O)NCc1ccc(Cl)c(Cl)c1. The molecule has 4 rings (SSSR count). The number of hydrogen-bond donors (Lipinski definition) is 2. The van der Waals surface area contributed by atoms with Crippen molar-refractivity contribution in [2.45, 2.75) is 6.54 Å². The quantitative estimate of drug-likeness (QED) is 0.533. The van der Waals surface area contributed by atoms with E-state index in [1.54, 1.807) is 36.8 Å². The van der Waals surface area contributed by atoms with E-state index in [9.17, 15) is 4.79 Å². The minimum atomic E-state index is -0.378. The van der Waals surface area contributed by atoms with E-state index in [2.05, 4.69) is 20.4 Å². The molecule has 140 valence electrons. The smallest absolute Gasteiger partial charge is 0.259 e. The van der Waals surface area contributed by atoms with Crippen LogP contribution in [0, 0.1) is 0 Å². The van der Waals surface area contributed by atoms with Gasteiger partial charge in [0.1, 0.15) is 5.56 Å². The van der Waals surface area contributed by atoms with Crippen molar-refractivity contribution >= 4 is 40.6 Å². The molecule has 0 aliphatic heterocycles. The molecule has 4 aromatic rings. The highest BCUT2D eigenvalue weighted by Crippen LogP contribution is 2.23. The van der Waals surface area contributed by atoms with Crippen LogP contribution in [-0.2, 0) is 6.54 Å². The number of anilines is 1. The number of rotatable bonds is 4. The first-order valence-corrected chi connectivity index (χ1v) is 9.06. The third kappa shape index (κ3) is 3.49. The number of carbonyl (C=O) groups excluding carboxylic acids is 1. The summed E-state index contributed by atoms with van der Waals surface area (Å²) in [5.74, 6) is -0.283. The maximum Gasteiger partial charge on any atom is 0.259 e. The van der Waals surface area contributed by atoms with Crippen LogP contribution in [0.4, 0.5) is 5.82 Å². The van der Waals surface area contributed by atoms with Crippen molar-refractivity contribution in [2.75, 3.05) is 5.73 Å². The fourth-order valence-electron chi connectivity index (χ4n) is 2.76. The molecule has 1 amide bonds. The Labute approximate surface area is 170 Å². The van der Waals surface area contributed by atoms with Crippen molar-refractivity contribution < 1.29 is 4.79 Å². The molecule has 9 heteroatoms. The maximum atomic E-state index is 12.7. The van der Waals surface area contributed by atoms with Crippen LogP contribution < -0.4 is 11.1 Å². The number of carbonyl (C=O) groups is 1. The standard InChI is InChI=1S/C19H14Cl2N6O/c20-13-5-4-11(7-14(13)21)8-25-19(28)16-17(22)26-27-10-12(9-24-18(16)27)15-3-1-2-6-23-15/h1-7,9-10H,8H2,(H2,22,26)(H,25,28). The van der Waals surface area contributed by atoms with E-state index >= 15 is 0 Å². The molecule has 0 saturated heterocycles. The van der Waals surface area contributed by atoms with Crippen molar-refractivity contribution in [3.8, 4) is 11.3 Å². The molecule has 0 radical (unpaired) electrons. The number of fused-ring (bicyclic) bond motifs is 1. The largest absolute Gasteiger partial charge is 0.381 e. The first-order valence-electron chi connectivity index (χ1n) is 8.30. The van der Waals surface area contributed by atoms with E-state index in [4.69, 9.17) is 28.9 Å². The molecular weight excluding hydrogens is 399 g/mol. The number of nitrogens with one attached hydrogen (secondary N) is 1. The van der Waals surface area contributed by atoms with Crippen LogP contribution in [0.5, 0.6) is 0 Å². The van der Waals surface area contributed by atoms with Crippen molar-refractivity contribution in [1.29, 1.82) is 0 Å². The van der Waals surface area contributed by atoms with Crippen LogP contribution in [0.3, 0.4) is 0 Å². The predicted molar refractivity (Wildman–Crippen MR) is 108 cm³/mol. The second kappa shape index (κ2) is 7.46. The Balaban J connectivity index is 1.60. The fraction of sp³-hybridized carbons (Fsp3) is 0.0526. The van der Waals surface area contributed by atoms with E-state index in [0.29, 0.717) is 15.7 Å². The van der Waals surface area contributed by atoms with Crippen LogP contribution in [0.15, 0.2) is 55.0 Å². The summed E-state index contributed by atoms with van der Waals surface area (Å²) in [7, 11) is 0. The van der Waals surface area contributed by atoms with Gasteiger partial charge in [-0.3, -0.25) is 9.78 Å². The van der Waals surface area contributed by atoms with E-state index in [-0.39, 0.29) is 23.8 Å². The van der Waals surface area contributed by atoms with Gasteiger partial charge in [-0.15, -0.1) is 5.10 Å². The van der Waals surface area contributed by atoms with Crippen molar-refractivity contribution in [2.24, 2.45) is 0 Å². The van der Waals surface area contributed by atoms with Gasteiger partial charge < -0.3 is 11.1 Å². The zero-order valence-corrected chi connectivity index (χ0v) is 15.9. The second-order valence-electron chi connectivity index (χ2n) is 6.02. The Kier molecular flexibility index (Phi) is 4.85. The molecule has 7 nitrogen and oxygen atoms in total. The Morgan fingerprint density at radius 2 is 2.00 bits per heavy atom. The Bertz CT molecular complexity index is 1180. The Hall–Kier alpha value is -3.16. The summed E-state index contributed by atoms with van der Waals surface area (Å²) in [5, 5.41) is 7.89. The number of nitrogen functional groups attached to an aromatic ring is 1. The number of benzene rings is 1. The maximum absolute atomic E-state index is 12.7. The van der Waals surface area contributed by atoms with Gasteiger partial charge in [0, 0.05) is 30.7 Å². The molecule has 3 heterocycles. The van der Waals surface area contributed by atoms with Crippen molar-refractivity contribution in [3.63, 3.8) is 0 Å². The number of nitrogens with zero attached hydrogens (tertiary/aromatic N) is 4. The van der Waals surface area contributed by atoms with Crippen LogP contribution >= 0.6 is 23.2 Å². The summed E-state index contributed by atoms with van der Waals surface area (Å²) < 4.78 is 1.48. The first-order chi connectivity index (χ1) is 13.5. The Morgan fingerprint density at radius 3 is 2.75 bits per heavy atom. The summed E-state index contributed by atoms with van der Waals surface area (Å²) in [6, 6.07) is 10.7. The van der Waals surface area contributed by atoms with Gasteiger partial charge >= 0.3 is 0 Å². The topological polar surface area (TPSA) is 98.2 Å². The molecule has 0 unspecified atom stereocenters. The lowest BCUT2D eigenvalue weighted by Gasteiger charge is -2.06. The fourth-order valence-corrected chi connectivity index (χ4v) is 3.08. The summed E-state index contributed by atoms with van der Waals surface area (Å²) in [6.45, 7) is 0.262. The molecule has 0 atom stereocenters. The van der Waals surface area contributed by atoms with E-state index in [1.165, 1.54) is 4.52 Å². The van der Waals surface area contributed by atoms with Gasteiger partial charge in [0.15, 0.2) is 11.5 Å². The lowest BCUT2D eigenvalue weighted by molar-refractivity contribution is 0.0953. The van der Waals surface area contributed by atoms with Crippen LogP contribution in [0.1, 0.15) is 15.9 Å². The average molecular weight is 413 g/mol. The minimum Gasteiger partial charge on any atom is -0.381 e. The molecule has 3 aromatic heterocycles. The molecule has 1 aromatic carbocycles. The van der Waals surface area contributed by atoms with Crippen molar-refractivity contribution in [1.82, 2.24) is 24.9 Å². The van der Waals surface area contributed by atoms with E-state index in [0.717, 1.165) is 16.8 Å². The Morgan fingerprint density at radius 1 is 1.14 bits per heavy atom. The number of pyridine rings is 1. The van der Waals surface area contributed by atoms with E-state index < -0.39 is 0 Å². The monoisotopic (exact) mass is 412 g/mol. The van der Waals surface area contributed by atoms with Gasteiger partial charge in [0.2, 0.25) is 0 Å². The predicted octanol–water partition coefficient (Wildman–Crippen LogP) is 3.61. The lowest BCUT2D eigenvalue weighted by Crippen LogP contribution is -2.23. The molecule has 0 spiro atoms. The molecule has 0 fully saturated rings. The summed E-state index contributed by atoms with van der Waals surface area (Å²) in [6.07, 6.45) is 5.06. The van der Waals surface area contributed by atoms with Crippen molar-refractivity contribution in [3.05, 3.63) is 76.2 Å². The molecule has 0 aliphatic rings. The highest BCUT2D eigenvalue weighted by atomic mass is 35.5. The third-order valence-electron chi connectivity index (χ3n) is 4.12. The molecular formula is C19H14Cl2N6O. The van der Waals surface area contributed by atoms with Gasteiger partial charge in [-0.1, -0.05) is 35.3 Å². The number of amides is 1. The van der Waals surface area contributed by atoms with Gasteiger partial charge in [0.05, 0.1) is 15.7 Å². The normalized spacial score (nSPS) is 10.9. The van der Waals surface area contributed by atoms with Gasteiger partial charge in [-0.2, -0.15) is 0 Å². The summed E-state index contributed by atoms with van der Waals surface area (Å²) in [5.41, 5.74) is 8.87. The molecule has 3 N–H and O–H groups in total. The number of nitrogens with two attached hydrogens (primary N) is 1. The minimum absolute atomic E-state index is 0.0947. The summed E-state index contributed by atoms with van der Waals surface area (Å²) in [4.78, 5) is 21.3. The van der Waals surface area contributed by atoms with Crippen LogP contribution in [-0.4, -0.2) is 25.5 Å². The molecule has 0 saturated carbocycles. The molecule has 0 bridgehead atoms. The molecule has 0 aliphatic carbocycles. The second-order valence-corrected chi connectivity index (χ2v) is 6.83. The zero-order chi connectivity index (χ0) is 19.7. The lowest BCUT2D eigenvalue weighted by atomic mass is 10.2. The summed E-state index contributed by atoms with van der Waals surface area (Å²) >= 11 is 11.9. The first kappa shape index (κ1) is 18.2. The number of halogens is 2. The highest BCUT2D eigenvalue weighted by molar-refractivity contribution is 6.42. The zero-order valence-electron chi connectivity index (χ0n) is 14.4. The van der Waals surface area contributed by atoms with E-state index in [1.807, 2.05) is 18.2 Å². The average Bonchev–Trinajstić information content (AvgIpc) is 3.04. The highest BCUT2D eigenvalue weighted by Gasteiger charge is 2.19. The van der Waals surface area contributed by atoms with Crippen LogP contribution in [0.2, 0.25) is 10.0 Å². The number of hydrogen-bond acceptors (Lipinski definition) is 5. The van der Waals surface area contributed by atoms with Gasteiger partial charge in [-0.05, 0) is 29.8 Å². The molecule has 28 heavy (non-hydrogen) atoms. The van der Waals surface area contributed by atoms with Gasteiger partial charge in [0.25, 0.3) is 5.91 Å². The van der Waals surface area contributed by atoms with Gasteiger partial charge in [-0.25, -0.2) is 9.50 Å². The third-order valence-corrected chi connectivity index (χ3v) is 4.86.